The summed E-state index contributed by atoms with van der Waals surface area (Å²) in [5.41, 5.74) is 0.991. The molecule has 2 unspecified atom stereocenters. The van der Waals surface area contributed by atoms with E-state index in [9.17, 15) is 0 Å². The highest BCUT2D eigenvalue weighted by molar-refractivity contribution is 6.17. The number of aromatic nitrogens is 2. The molecule has 2 atom stereocenters. The van der Waals surface area contributed by atoms with Crippen LogP contribution in [0.4, 0.5) is 5.95 Å². The van der Waals surface area contributed by atoms with Crippen LogP contribution in [0.3, 0.4) is 0 Å². The molecule has 1 saturated heterocycles. The molecule has 0 aromatic carbocycles. The standard InChI is InChI=1S/C12H16ClN3/c13-4-9-5-14-12(15-6-9)16-7-10-2-1-3-11(10)8-16/h5-6,10-11H,1-4,7-8H2. The van der Waals surface area contributed by atoms with E-state index >= 15 is 0 Å². The summed E-state index contributed by atoms with van der Waals surface area (Å²) in [4.78, 5) is 11.1. The molecule has 1 aliphatic carbocycles. The zero-order valence-electron chi connectivity index (χ0n) is 9.27. The Balaban J connectivity index is 1.73. The molecule has 4 heteroatoms. The van der Waals surface area contributed by atoms with Crippen molar-refractivity contribution < 1.29 is 0 Å². The van der Waals surface area contributed by atoms with Crippen LogP contribution >= 0.6 is 11.6 Å². The van der Waals surface area contributed by atoms with Crippen LogP contribution in [-0.2, 0) is 5.88 Å². The second-order valence-electron chi connectivity index (χ2n) is 4.88. The summed E-state index contributed by atoms with van der Waals surface area (Å²) in [6, 6.07) is 0. The lowest BCUT2D eigenvalue weighted by atomic mass is 10.0. The van der Waals surface area contributed by atoms with Crippen LogP contribution in [0.5, 0.6) is 0 Å². The summed E-state index contributed by atoms with van der Waals surface area (Å²) in [7, 11) is 0. The first kappa shape index (κ1) is 10.3. The van der Waals surface area contributed by atoms with Gasteiger partial charge in [-0.2, -0.15) is 0 Å². The summed E-state index contributed by atoms with van der Waals surface area (Å²) in [6.07, 6.45) is 7.87. The van der Waals surface area contributed by atoms with Crippen LogP contribution < -0.4 is 4.90 Å². The van der Waals surface area contributed by atoms with Crippen LogP contribution in [-0.4, -0.2) is 23.1 Å². The highest BCUT2D eigenvalue weighted by atomic mass is 35.5. The number of halogens is 1. The maximum absolute atomic E-state index is 5.72. The van der Waals surface area contributed by atoms with E-state index in [4.69, 9.17) is 11.6 Å². The molecular weight excluding hydrogens is 222 g/mol. The minimum Gasteiger partial charge on any atom is -0.340 e. The van der Waals surface area contributed by atoms with Crippen molar-refractivity contribution in [3.63, 3.8) is 0 Å². The van der Waals surface area contributed by atoms with E-state index in [0.29, 0.717) is 5.88 Å². The fourth-order valence-electron chi connectivity index (χ4n) is 2.98. The number of hydrogen-bond donors (Lipinski definition) is 0. The normalized spacial score (nSPS) is 28.4. The molecule has 2 fully saturated rings. The molecule has 3 rings (SSSR count). The fourth-order valence-corrected chi connectivity index (χ4v) is 3.12. The molecule has 86 valence electrons. The number of hydrogen-bond acceptors (Lipinski definition) is 3. The van der Waals surface area contributed by atoms with Gasteiger partial charge >= 0.3 is 0 Å². The van der Waals surface area contributed by atoms with Crippen molar-refractivity contribution in [1.29, 1.82) is 0 Å². The van der Waals surface area contributed by atoms with E-state index in [2.05, 4.69) is 14.9 Å². The van der Waals surface area contributed by atoms with Crippen LogP contribution in [0.1, 0.15) is 24.8 Å². The summed E-state index contributed by atoms with van der Waals surface area (Å²) in [5.74, 6) is 3.14. The van der Waals surface area contributed by atoms with Crippen LogP contribution in [0.2, 0.25) is 0 Å². The van der Waals surface area contributed by atoms with Crippen molar-refractivity contribution >= 4 is 17.5 Å². The van der Waals surface area contributed by atoms with E-state index in [1.54, 1.807) is 0 Å². The first-order chi connectivity index (χ1) is 7.86. The van der Waals surface area contributed by atoms with E-state index in [0.717, 1.165) is 36.4 Å². The first-order valence-corrected chi connectivity index (χ1v) is 6.52. The smallest absolute Gasteiger partial charge is 0.225 e. The average Bonchev–Trinajstić information content (AvgIpc) is 2.89. The SMILES string of the molecule is ClCc1cnc(N2CC3CCCC3C2)nc1. The zero-order valence-corrected chi connectivity index (χ0v) is 10.0. The molecule has 3 nitrogen and oxygen atoms in total. The van der Waals surface area contributed by atoms with Gasteiger partial charge in [-0.1, -0.05) is 6.42 Å². The molecule has 0 N–H and O–H groups in total. The minimum atomic E-state index is 0.492. The Morgan fingerprint density at radius 2 is 1.81 bits per heavy atom. The number of rotatable bonds is 2. The van der Waals surface area contributed by atoms with E-state index in [1.165, 1.54) is 19.3 Å². The van der Waals surface area contributed by atoms with Gasteiger partial charge in [-0.05, 0) is 24.7 Å². The molecule has 1 aromatic heterocycles. The van der Waals surface area contributed by atoms with Gasteiger partial charge in [-0.3, -0.25) is 0 Å². The summed E-state index contributed by atoms with van der Waals surface area (Å²) >= 11 is 5.72. The highest BCUT2D eigenvalue weighted by Gasteiger charge is 2.36. The summed E-state index contributed by atoms with van der Waals surface area (Å²) < 4.78 is 0. The molecule has 1 aromatic rings. The molecular formula is C12H16ClN3. The Morgan fingerprint density at radius 1 is 1.19 bits per heavy atom. The lowest BCUT2D eigenvalue weighted by Gasteiger charge is -2.16. The third-order valence-corrected chi connectivity index (χ3v) is 4.16. The lowest BCUT2D eigenvalue weighted by Crippen LogP contribution is -2.23. The van der Waals surface area contributed by atoms with E-state index in [1.807, 2.05) is 12.4 Å². The maximum atomic E-state index is 5.72. The molecule has 1 aliphatic heterocycles. The first-order valence-electron chi connectivity index (χ1n) is 5.98. The lowest BCUT2D eigenvalue weighted by molar-refractivity contribution is 0.494. The highest BCUT2D eigenvalue weighted by Crippen LogP contribution is 2.38. The Hall–Kier alpha value is -0.830. The van der Waals surface area contributed by atoms with E-state index in [-0.39, 0.29) is 0 Å². The number of fused-ring (bicyclic) bond motifs is 1. The van der Waals surface area contributed by atoms with Crippen LogP contribution in [0.25, 0.3) is 0 Å². The van der Waals surface area contributed by atoms with Gasteiger partial charge in [0.15, 0.2) is 0 Å². The molecule has 0 spiro atoms. The Kier molecular flexibility index (Phi) is 2.72. The van der Waals surface area contributed by atoms with Crippen molar-refractivity contribution in [3.8, 4) is 0 Å². The van der Waals surface area contributed by atoms with Crippen molar-refractivity contribution in [2.75, 3.05) is 18.0 Å². The van der Waals surface area contributed by atoms with Crippen molar-refractivity contribution in [2.45, 2.75) is 25.1 Å². The minimum absolute atomic E-state index is 0.492. The Labute approximate surface area is 101 Å². The molecule has 2 aliphatic rings. The molecule has 2 heterocycles. The number of alkyl halides is 1. The van der Waals surface area contributed by atoms with Gasteiger partial charge in [-0.15, -0.1) is 11.6 Å². The largest absolute Gasteiger partial charge is 0.340 e. The average molecular weight is 238 g/mol. The second-order valence-corrected chi connectivity index (χ2v) is 5.15. The number of anilines is 1. The fraction of sp³-hybridized carbons (Fsp3) is 0.667. The van der Waals surface area contributed by atoms with Gasteiger partial charge in [0.05, 0.1) is 5.88 Å². The Morgan fingerprint density at radius 3 is 2.38 bits per heavy atom. The zero-order chi connectivity index (χ0) is 11.0. The van der Waals surface area contributed by atoms with Gasteiger partial charge < -0.3 is 4.90 Å². The second kappa shape index (κ2) is 4.21. The molecule has 0 bridgehead atoms. The van der Waals surface area contributed by atoms with Crippen LogP contribution in [0.15, 0.2) is 12.4 Å². The quantitative estimate of drug-likeness (QED) is 0.740. The predicted molar refractivity (Wildman–Crippen MR) is 64.6 cm³/mol. The van der Waals surface area contributed by atoms with Gasteiger partial charge in [0, 0.05) is 31.0 Å². The van der Waals surface area contributed by atoms with Gasteiger partial charge in [0.2, 0.25) is 5.95 Å². The van der Waals surface area contributed by atoms with Gasteiger partial charge in [0.25, 0.3) is 0 Å². The van der Waals surface area contributed by atoms with Gasteiger partial charge in [0.1, 0.15) is 0 Å². The van der Waals surface area contributed by atoms with Gasteiger partial charge in [-0.25, -0.2) is 9.97 Å². The Bertz CT molecular complexity index is 353. The maximum Gasteiger partial charge on any atom is 0.225 e. The third kappa shape index (κ3) is 1.77. The topological polar surface area (TPSA) is 29.0 Å². The summed E-state index contributed by atoms with van der Waals surface area (Å²) in [6.45, 7) is 2.29. The third-order valence-electron chi connectivity index (χ3n) is 3.86. The van der Waals surface area contributed by atoms with Crippen molar-refractivity contribution in [2.24, 2.45) is 11.8 Å². The van der Waals surface area contributed by atoms with E-state index < -0.39 is 0 Å². The summed E-state index contributed by atoms with van der Waals surface area (Å²) in [5, 5.41) is 0. The van der Waals surface area contributed by atoms with Crippen LogP contribution in [0, 0.1) is 11.8 Å². The molecule has 0 amide bonds. The predicted octanol–water partition coefficient (Wildman–Crippen LogP) is 2.45. The van der Waals surface area contributed by atoms with Crippen molar-refractivity contribution in [3.05, 3.63) is 18.0 Å². The monoisotopic (exact) mass is 237 g/mol. The molecule has 0 radical (unpaired) electrons. The number of nitrogens with zero attached hydrogens (tertiary/aromatic N) is 3. The van der Waals surface area contributed by atoms with Crippen molar-refractivity contribution in [1.82, 2.24) is 9.97 Å². The molecule has 1 saturated carbocycles. The molecule has 16 heavy (non-hydrogen) atoms.